The molecule has 0 aliphatic heterocycles. The van der Waals surface area contributed by atoms with Crippen LogP contribution in [0.25, 0.3) is 0 Å². The fraction of sp³-hybridized carbons (Fsp3) is 0.125. The minimum atomic E-state index is -0.843. The monoisotopic (exact) mass is 270 g/mol. The van der Waals surface area contributed by atoms with Crippen molar-refractivity contribution in [2.45, 2.75) is 12.3 Å². The summed E-state index contributed by atoms with van der Waals surface area (Å²) in [6.45, 7) is 0. The molecule has 0 aromatic heterocycles. The van der Waals surface area contributed by atoms with Crippen LogP contribution in [0, 0.1) is 0 Å². The van der Waals surface area contributed by atoms with E-state index in [0.717, 1.165) is 11.1 Å². The molecule has 0 unspecified atom stereocenters. The Kier molecular flexibility index (Phi) is 4.42. The van der Waals surface area contributed by atoms with E-state index < -0.39 is 11.9 Å². The van der Waals surface area contributed by atoms with Crippen LogP contribution in [-0.2, 0) is 4.79 Å². The molecular weight excluding hydrogens is 256 g/mol. The summed E-state index contributed by atoms with van der Waals surface area (Å²) in [6.07, 6.45) is 0.346. The molecule has 96 valence electrons. The molecule has 2 aromatic carbocycles. The number of benzene rings is 2. The van der Waals surface area contributed by atoms with Crippen molar-refractivity contribution in [2.75, 3.05) is 0 Å². The molecule has 3 heteroatoms. The average molecular weight is 270 g/mol. The highest BCUT2D eigenvalue weighted by Gasteiger charge is 2.21. The number of hydrogen-bond acceptors (Lipinski definition) is 2. The molecule has 1 atom stereocenters. The number of carbonyl (C=O) groups is 1. The van der Waals surface area contributed by atoms with Gasteiger partial charge < -0.3 is 5.11 Å². The Labute approximate surface area is 117 Å². The van der Waals surface area contributed by atoms with Crippen molar-refractivity contribution in [2.24, 2.45) is 0 Å². The first-order chi connectivity index (χ1) is 9.18. The largest absolute Gasteiger partial charge is 0.481 e. The number of thiocarbonyl (C=S) groups is 1. The van der Waals surface area contributed by atoms with Gasteiger partial charge in [-0.25, -0.2) is 0 Å². The molecule has 2 rings (SSSR count). The lowest BCUT2D eigenvalue weighted by atomic mass is 9.92. The van der Waals surface area contributed by atoms with Crippen LogP contribution in [0.1, 0.15) is 23.5 Å². The van der Waals surface area contributed by atoms with Gasteiger partial charge in [-0.15, -0.1) is 0 Å². The van der Waals surface area contributed by atoms with E-state index in [1.165, 1.54) is 0 Å². The molecule has 0 bridgehead atoms. The highest BCUT2D eigenvalue weighted by atomic mass is 32.1. The van der Waals surface area contributed by atoms with Gasteiger partial charge in [-0.2, -0.15) is 0 Å². The summed E-state index contributed by atoms with van der Waals surface area (Å²) in [6, 6.07) is 18.8. The highest BCUT2D eigenvalue weighted by molar-refractivity contribution is 7.80. The number of carboxylic acid groups (broad SMARTS) is 1. The molecular formula is C16H14O2S. The molecule has 1 N–H and O–H groups in total. The molecule has 0 aliphatic rings. The topological polar surface area (TPSA) is 37.3 Å². The lowest BCUT2D eigenvalue weighted by molar-refractivity contribution is -0.138. The molecule has 0 saturated carbocycles. The van der Waals surface area contributed by atoms with Crippen molar-refractivity contribution in [3.63, 3.8) is 0 Å². The van der Waals surface area contributed by atoms with Gasteiger partial charge in [-0.3, -0.25) is 4.79 Å². The third kappa shape index (κ3) is 3.48. The van der Waals surface area contributed by atoms with Gasteiger partial charge in [0.25, 0.3) is 0 Å². The Balaban J connectivity index is 2.19. The number of rotatable bonds is 5. The lowest BCUT2D eigenvalue weighted by Gasteiger charge is -2.13. The SMILES string of the molecule is O=C(O)[C@@H](CC(=S)c1ccccc1)c1ccccc1. The van der Waals surface area contributed by atoms with Crippen LogP contribution in [-0.4, -0.2) is 15.9 Å². The van der Waals surface area contributed by atoms with E-state index in [0.29, 0.717) is 11.3 Å². The van der Waals surface area contributed by atoms with E-state index in [4.69, 9.17) is 12.2 Å². The Morgan fingerprint density at radius 3 is 2.05 bits per heavy atom. The van der Waals surface area contributed by atoms with Gasteiger partial charge in [0.1, 0.15) is 0 Å². The van der Waals surface area contributed by atoms with Gasteiger partial charge in [0, 0.05) is 11.3 Å². The molecule has 0 saturated heterocycles. The second kappa shape index (κ2) is 6.25. The Bertz CT molecular complexity index is 564. The third-order valence-electron chi connectivity index (χ3n) is 2.99. The predicted molar refractivity (Wildman–Crippen MR) is 79.6 cm³/mol. The van der Waals surface area contributed by atoms with Crippen LogP contribution >= 0.6 is 12.2 Å². The van der Waals surface area contributed by atoms with Crippen LogP contribution in [0.5, 0.6) is 0 Å². The second-order valence-corrected chi connectivity index (χ2v) is 4.79. The zero-order chi connectivity index (χ0) is 13.7. The number of hydrogen-bond donors (Lipinski definition) is 1. The maximum absolute atomic E-state index is 11.4. The molecule has 0 radical (unpaired) electrons. The predicted octanol–water partition coefficient (Wildman–Crippen LogP) is 3.66. The summed E-state index contributed by atoms with van der Waals surface area (Å²) < 4.78 is 0. The summed E-state index contributed by atoms with van der Waals surface area (Å²) in [5.41, 5.74) is 1.70. The minimum Gasteiger partial charge on any atom is -0.481 e. The zero-order valence-electron chi connectivity index (χ0n) is 10.3. The van der Waals surface area contributed by atoms with E-state index >= 15 is 0 Å². The fourth-order valence-corrected chi connectivity index (χ4v) is 2.26. The average Bonchev–Trinajstić information content (AvgIpc) is 2.46. The number of carboxylic acids is 1. The normalized spacial score (nSPS) is 11.8. The van der Waals surface area contributed by atoms with Gasteiger partial charge in [-0.1, -0.05) is 72.9 Å². The van der Waals surface area contributed by atoms with Gasteiger partial charge in [0.15, 0.2) is 0 Å². The van der Waals surface area contributed by atoms with Gasteiger partial charge in [0.2, 0.25) is 0 Å². The Morgan fingerprint density at radius 1 is 1.00 bits per heavy atom. The van der Waals surface area contributed by atoms with E-state index in [2.05, 4.69) is 0 Å². The molecule has 19 heavy (non-hydrogen) atoms. The fourth-order valence-electron chi connectivity index (χ4n) is 1.96. The molecule has 2 aromatic rings. The van der Waals surface area contributed by atoms with Crippen molar-refractivity contribution in [1.82, 2.24) is 0 Å². The second-order valence-electron chi connectivity index (χ2n) is 4.29. The highest BCUT2D eigenvalue weighted by Crippen LogP contribution is 2.22. The van der Waals surface area contributed by atoms with E-state index in [1.807, 2.05) is 60.7 Å². The molecule has 0 aliphatic carbocycles. The first kappa shape index (κ1) is 13.4. The van der Waals surface area contributed by atoms with Gasteiger partial charge in [0.05, 0.1) is 5.92 Å². The van der Waals surface area contributed by atoms with Crippen LogP contribution in [0.4, 0.5) is 0 Å². The molecule has 0 heterocycles. The molecule has 0 fully saturated rings. The quantitative estimate of drug-likeness (QED) is 0.665. The summed E-state index contributed by atoms with van der Waals surface area (Å²) >= 11 is 5.35. The van der Waals surface area contributed by atoms with Crippen LogP contribution in [0.15, 0.2) is 60.7 Å². The lowest BCUT2D eigenvalue weighted by Crippen LogP contribution is -2.15. The van der Waals surface area contributed by atoms with Crippen molar-refractivity contribution < 1.29 is 9.90 Å². The maximum atomic E-state index is 11.4. The van der Waals surface area contributed by atoms with E-state index in [9.17, 15) is 9.90 Å². The zero-order valence-corrected chi connectivity index (χ0v) is 11.1. The summed E-state index contributed by atoms with van der Waals surface area (Å²) in [7, 11) is 0. The van der Waals surface area contributed by atoms with Crippen LogP contribution in [0.2, 0.25) is 0 Å². The Morgan fingerprint density at radius 2 is 1.53 bits per heavy atom. The van der Waals surface area contributed by atoms with Crippen LogP contribution < -0.4 is 0 Å². The number of aliphatic carboxylic acids is 1. The van der Waals surface area contributed by atoms with Gasteiger partial charge in [-0.05, 0) is 11.1 Å². The first-order valence-electron chi connectivity index (χ1n) is 6.04. The van der Waals surface area contributed by atoms with Crippen molar-refractivity contribution in [3.8, 4) is 0 Å². The van der Waals surface area contributed by atoms with E-state index in [-0.39, 0.29) is 0 Å². The smallest absolute Gasteiger partial charge is 0.311 e. The molecule has 0 amide bonds. The van der Waals surface area contributed by atoms with Crippen molar-refractivity contribution in [3.05, 3.63) is 71.8 Å². The van der Waals surface area contributed by atoms with Crippen molar-refractivity contribution in [1.29, 1.82) is 0 Å². The molecule has 0 spiro atoms. The molecule has 2 nitrogen and oxygen atoms in total. The summed E-state index contributed by atoms with van der Waals surface area (Å²) in [5.74, 6) is -1.43. The maximum Gasteiger partial charge on any atom is 0.311 e. The van der Waals surface area contributed by atoms with Crippen molar-refractivity contribution >= 4 is 23.1 Å². The first-order valence-corrected chi connectivity index (χ1v) is 6.45. The van der Waals surface area contributed by atoms with E-state index in [1.54, 1.807) is 0 Å². The summed E-state index contributed by atoms with van der Waals surface area (Å²) in [4.78, 5) is 12.1. The third-order valence-corrected chi connectivity index (χ3v) is 3.39. The Hall–Kier alpha value is -2.00. The summed E-state index contributed by atoms with van der Waals surface area (Å²) in [5, 5.41) is 9.36. The minimum absolute atomic E-state index is 0.346. The van der Waals surface area contributed by atoms with Crippen LogP contribution in [0.3, 0.4) is 0 Å². The van der Waals surface area contributed by atoms with Gasteiger partial charge >= 0.3 is 5.97 Å². The standard InChI is InChI=1S/C16H14O2S/c17-16(18)14(12-7-3-1-4-8-12)11-15(19)13-9-5-2-6-10-13/h1-10,14H,11H2,(H,17,18)/t14-/m0/s1.